The molecule has 2 N–H and O–H groups in total. The first-order valence-electron chi connectivity index (χ1n) is 6.57. The molecular formula is C14H24N2O2S. The second-order valence-corrected chi connectivity index (χ2v) is 6.57. The zero-order chi connectivity index (χ0) is 14.4. The molecule has 0 aliphatic heterocycles. The van der Waals surface area contributed by atoms with E-state index in [4.69, 9.17) is 5.11 Å². The van der Waals surface area contributed by atoms with Crippen molar-refractivity contribution in [3.8, 4) is 0 Å². The van der Waals surface area contributed by atoms with Crippen molar-refractivity contribution in [3.63, 3.8) is 0 Å². The Bertz CT molecular complexity index is 392. The van der Waals surface area contributed by atoms with Crippen LogP contribution in [0, 0.1) is 5.92 Å². The van der Waals surface area contributed by atoms with Crippen LogP contribution in [0.1, 0.15) is 35.5 Å². The van der Waals surface area contributed by atoms with Crippen LogP contribution in [0.2, 0.25) is 0 Å². The highest BCUT2D eigenvalue weighted by Gasteiger charge is 2.13. The maximum absolute atomic E-state index is 10.8. The summed E-state index contributed by atoms with van der Waals surface area (Å²) in [5, 5.41) is 14.1. The number of nitrogens with zero attached hydrogens (tertiary/aromatic N) is 1. The minimum atomic E-state index is -0.852. The van der Waals surface area contributed by atoms with E-state index < -0.39 is 5.97 Å². The van der Waals surface area contributed by atoms with E-state index in [2.05, 4.69) is 38.2 Å². The van der Waals surface area contributed by atoms with Gasteiger partial charge in [-0.05, 0) is 32.5 Å². The van der Waals surface area contributed by atoms with Gasteiger partial charge in [0.05, 0.1) is 5.56 Å². The number of carboxylic acids is 1. The summed E-state index contributed by atoms with van der Waals surface area (Å²) in [5.74, 6) is -0.204. The van der Waals surface area contributed by atoms with Crippen LogP contribution >= 0.6 is 11.3 Å². The highest BCUT2D eigenvalue weighted by Crippen LogP contribution is 2.15. The molecule has 0 radical (unpaired) electrons. The average Bonchev–Trinajstić information content (AvgIpc) is 2.73. The Hall–Kier alpha value is -0.910. The Morgan fingerprint density at radius 1 is 1.47 bits per heavy atom. The third-order valence-electron chi connectivity index (χ3n) is 2.81. The predicted molar refractivity (Wildman–Crippen MR) is 79.9 cm³/mol. The Labute approximate surface area is 119 Å². The fourth-order valence-corrected chi connectivity index (χ4v) is 2.87. The lowest BCUT2D eigenvalue weighted by Crippen LogP contribution is -2.38. The lowest BCUT2D eigenvalue weighted by atomic mass is 10.0. The highest BCUT2D eigenvalue weighted by atomic mass is 32.1. The molecule has 0 aliphatic rings. The van der Waals surface area contributed by atoms with Crippen molar-refractivity contribution in [3.05, 3.63) is 21.9 Å². The lowest BCUT2D eigenvalue weighted by Gasteiger charge is -2.23. The Balaban J connectivity index is 2.51. The second kappa shape index (κ2) is 7.62. The normalized spacial score (nSPS) is 13.2. The zero-order valence-corrected chi connectivity index (χ0v) is 13.0. The summed E-state index contributed by atoms with van der Waals surface area (Å²) >= 11 is 1.50. The summed E-state index contributed by atoms with van der Waals surface area (Å²) in [6, 6.07) is 2.19. The number of likely N-dealkylation sites (N-methyl/N-ethyl adjacent to an activating group) is 1. The predicted octanol–water partition coefficient (Wildman–Crippen LogP) is 2.51. The lowest BCUT2D eigenvalue weighted by molar-refractivity contribution is 0.0697. The summed E-state index contributed by atoms with van der Waals surface area (Å²) in [7, 11) is 4.14. The highest BCUT2D eigenvalue weighted by molar-refractivity contribution is 7.10. The topological polar surface area (TPSA) is 52.6 Å². The number of carboxylic acid groups (broad SMARTS) is 1. The first-order chi connectivity index (χ1) is 8.88. The standard InChI is InChI=1S/C14H24N2O2S/c1-10(2)5-12(8-16(3)4)15-7-13-6-11(9-19-13)14(17)18/h6,9-10,12,15H,5,7-8H2,1-4H3,(H,17,18). The molecule has 0 saturated carbocycles. The van der Waals surface area contributed by atoms with E-state index in [0.29, 0.717) is 17.5 Å². The van der Waals surface area contributed by atoms with Crippen LogP contribution in [0.4, 0.5) is 0 Å². The van der Waals surface area contributed by atoms with Gasteiger partial charge < -0.3 is 15.3 Å². The van der Waals surface area contributed by atoms with E-state index in [1.807, 2.05) is 0 Å². The van der Waals surface area contributed by atoms with Crippen molar-refractivity contribution in [2.45, 2.75) is 32.9 Å². The first kappa shape index (κ1) is 16.1. The van der Waals surface area contributed by atoms with Gasteiger partial charge in [0.2, 0.25) is 0 Å². The van der Waals surface area contributed by atoms with E-state index in [1.54, 1.807) is 11.4 Å². The number of thiophene rings is 1. The Kier molecular flexibility index (Phi) is 6.48. The number of carbonyl (C=O) groups is 1. The molecule has 0 saturated heterocycles. The molecule has 0 fully saturated rings. The van der Waals surface area contributed by atoms with Crippen molar-refractivity contribution in [2.75, 3.05) is 20.6 Å². The van der Waals surface area contributed by atoms with Crippen LogP contribution in [0.25, 0.3) is 0 Å². The number of hydrogen-bond acceptors (Lipinski definition) is 4. The third-order valence-corrected chi connectivity index (χ3v) is 3.74. The summed E-state index contributed by atoms with van der Waals surface area (Å²) in [6.07, 6.45) is 1.12. The van der Waals surface area contributed by atoms with Crippen molar-refractivity contribution in [1.82, 2.24) is 10.2 Å². The molecule has 1 aromatic heterocycles. The minimum Gasteiger partial charge on any atom is -0.478 e. The van der Waals surface area contributed by atoms with Gasteiger partial charge in [-0.15, -0.1) is 11.3 Å². The van der Waals surface area contributed by atoms with Crippen molar-refractivity contribution >= 4 is 17.3 Å². The van der Waals surface area contributed by atoms with Gasteiger partial charge in [0.25, 0.3) is 0 Å². The van der Waals surface area contributed by atoms with E-state index in [1.165, 1.54) is 11.3 Å². The number of aromatic carboxylic acids is 1. The molecule has 0 aromatic carbocycles. The molecule has 0 amide bonds. The summed E-state index contributed by atoms with van der Waals surface area (Å²) in [4.78, 5) is 14.1. The molecule has 1 atom stereocenters. The van der Waals surface area contributed by atoms with Crippen molar-refractivity contribution in [1.29, 1.82) is 0 Å². The van der Waals surface area contributed by atoms with Crippen molar-refractivity contribution < 1.29 is 9.90 Å². The van der Waals surface area contributed by atoms with Crippen LogP contribution in [0.5, 0.6) is 0 Å². The van der Waals surface area contributed by atoms with Gasteiger partial charge in [-0.1, -0.05) is 13.8 Å². The maximum atomic E-state index is 10.8. The molecular weight excluding hydrogens is 260 g/mol. The summed E-state index contributed by atoms with van der Waals surface area (Å²) in [6.45, 7) is 6.18. The monoisotopic (exact) mass is 284 g/mol. The van der Waals surface area contributed by atoms with Crippen LogP contribution in [-0.4, -0.2) is 42.7 Å². The number of rotatable bonds is 8. The van der Waals surface area contributed by atoms with Gasteiger partial charge in [0.1, 0.15) is 0 Å². The largest absolute Gasteiger partial charge is 0.478 e. The zero-order valence-electron chi connectivity index (χ0n) is 12.1. The fraction of sp³-hybridized carbons (Fsp3) is 0.643. The molecule has 19 heavy (non-hydrogen) atoms. The third kappa shape index (κ3) is 6.18. The number of nitrogens with one attached hydrogen (secondary N) is 1. The molecule has 4 nitrogen and oxygen atoms in total. The molecule has 1 aromatic rings. The van der Waals surface area contributed by atoms with E-state index >= 15 is 0 Å². The van der Waals surface area contributed by atoms with E-state index in [9.17, 15) is 4.79 Å². The smallest absolute Gasteiger partial charge is 0.336 e. The molecule has 0 bridgehead atoms. The Morgan fingerprint density at radius 2 is 2.16 bits per heavy atom. The molecule has 1 heterocycles. The van der Waals surface area contributed by atoms with Crippen LogP contribution < -0.4 is 5.32 Å². The SMILES string of the molecule is CC(C)CC(CN(C)C)NCc1cc(C(=O)O)cs1. The number of hydrogen-bond donors (Lipinski definition) is 2. The van der Waals surface area contributed by atoms with Gasteiger partial charge in [0, 0.05) is 29.4 Å². The van der Waals surface area contributed by atoms with Crippen molar-refractivity contribution in [2.24, 2.45) is 5.92 Å². The molecule has 0 aliphatic carbocycles. The van der Waals surface area contributed by atoms with Gasteiger partial charge in [0.15, 0.2) is 0 Å². The van der Waals surface area contributed by atoms with E-state index in [-0.39, 0.29) is 0 Å². The van der Waals surface area contributed by atoms with Gasteiger partial charge in [-0.2, -0.15) is 0 Å². The molecule has 1 rings (SSSR count). The molecule has 1 unspecified atom stereocenters. The van der Waals surface area contributed by atoms with Crippen LogP contribution in [0.3, 0.4) is 0 Å². The average molecular weight is 284 g/mol. The first-order valence-corrected chi connectivity index (χ1v) is 7.45. The summed E-state index contributed by atoms with van der Waals surface area (Å²) < 4.78 is 0. The molecule has 108 valence electrons. The second-order valence-electron chi connectivity index (χ2n) is 5.58. The van der Waals surface area contributed by atoms with Crippen LogP contribution in [0.15, 0.2) is 11.4 Å². The van der Waals surface area contributed by atoms with Crippen LogP contribution in [-0.2, 0) is 6.54 Å². The molecule has 5 heteroatoms. The van der Waals surface area contributed by atoms with Gasteiger partial charge in [-0.3, -0.25) is 0 Å². The van der Waals surface area contributed by atoms with Gasteiger partial charge in [-0.25, -0.2) is 4.79 Å². The quantitative estimate of drug-likeness (QED) is 0.770. The summed E-state index contributed by atoms with van der Waals surface area (Å²) in [5.41, 5.74) is 0.384. The molecule has 0 spiro atoms. The van der Waals surface area contributed by atoms with E-state index in [0.717, 1.165) is 24.4 Å². The van der Waals surface area contributed by atoms with Gasteiger partial charge >= 0.3 is 5.97 Å². The Morgan fingerprint density at radius 3 is 2.63 bits per heavy atom. The fourth-order valence-electron chi connectivity index (χ4n) is 2.06. The maximum Gasteiger partial charge on any atom is 0.336 e. The minimum absolute atomic E-state index is 0.384.